The van der Waals surface area contributed by atoms with Gasteiger partial charge in [-0.15, -0.1) is 0 Å². The van der Waals surface area contributed by atoms with Gasteiger partial charge in [-0.2, -0.15) is 0 Å². The number of carbonyl (C=O) groups is 1. The summed E-state index contributed by atoms with van der Waals surface area (Å²) in [6, 6.07) is 7.48. The Morgan fingerprint density at radius 1 is 1.20 bits per heavy atom. The number of carbonyl (C=O) groups excluding carboxylic acids is 1. The van der Waals surface area contributed by atoms with E-state index in [4.69, 9.17) is 37.7 Å². The first kappa shape index (κ1) is 22.4. The zero-order valence-electron chi connectivity index (χ0n) is 19.5. The van der Waals surface area contributed by atoms with Crippen LogP contribution in [-0.4, -0.2) is 41.7 Å². The van der Waals surface area contributed by atoms with Crippen molar-refractivity contribution in [2.24, 2.45) is 17.3 Å². The maximum Gasteiger partial charge on any atom is 0.243 e. The molecule has 0 aliphatic heterocycles. The van der Waals surface area contributed by atoms with Crippen molar-refractivity contribution in [3.63, 3.8) is 0 Å². The zero-order valence-corrected chi connectivity index (χ0v) is 21.0. The van der Waals surface area contributed by atoms with Crippen molar-refractivity contribution in [3.8, 4) is 22.6 Å². The van der Waals surface area contributed by atoms with Gasteiger partial charge in [0.2, 0.25) is 11.9 Å². The van der Waals surface area contributed by atoms with Crippen molar-refractivity contribution in [2.45, 2.75) is 24.9 Å². The summed E-state index contributed by atoms with van der Waals surface area (Å²) in [7, 11) is 3.09. The number of aromatic nitrogens is 2. The third-order valence-corrected chi connectivity index (χ3v) is 9.06. The number of ether oxygens (including phenoxy) is 2. The van der Waals surface area contributed by atoms with Gasteiger partial charge in [-0.05, 0) is 42.0 Å². The minimum Gasteiger partial charge on any atom is -0.495 e. The molecule has 7 rings (SSSR count). The SMILES string of the molecule is C=CC(=O)NC1CC2C3C2(C)C13Nc1ncc2cc(-c3c(Cl)c(OC)cc(OC)c3Cl)ccc2n1. The molecule has 2 N–H and O–H groups in total. The molecule has 4 fully saturated rings. The molecule has 180 valence electrons. The predicted octanol–water partition coefficient (Wildman–Crippen LogP) is 5.11. The molecular weight excluding hydrogens is 487 g/mol. The van der Waals surface area contributed by atoms with E-state index in [-0.39, 0.29) is 22.9 Å². The lowest BCUT2D eigenvalue weighted by Gasteiger charge is -2.28. The largest absolute Gasteiger partial charge is 0.495 e. The molecule has 1 aromatic heterocycles. The van der Waals surface area contributed by atoms with Crippen molar-refractivity contribution in [1.82, 2.24) is 15.3 Å². The number of hydrogen-bond donors (Lipinski definition) is 2. The van der Waals surface area contributed by atoms with Crippen LogP contribution in [0.2, 0.25) is 10.0 Å². The molecule has 0 spiro atoms. The van der Waals surface area contributed by atoms with Crippen molar-refractivity contribution >= 4 is 46.0 Å². The van der Waals surface area contributed by atoms with E-state index in [0.717, 1.165) is 22.9 Å². The van der Waals surface area contributed by atoms with Gasteiger partial charge >= 0.3 is 0 Å². The molecular formula is C26H24Cl2N4O3. The molecule has 7 nitrogen and oxygen atoms in total. The molecule has 5 unspecified atom stereocenters. The number of amides is 1. The molecule has 0 radical (unpaired) electrons. The first-order valence-electron chi connectivity index (χ1n) is 11.4. The standard InChI is InChI=1S/C26H24Cl2N4O3/c1-5-19(33)31-18-9-14-23-25(14,2)26(18,23)32-24-29-11-13-8-12(6-7-15(13)30-24)20-21(27)16(34-3)10-17(35-4)22(20)28/h5-8,10-11,14,18,23H,1,9H2,2-4H3,(H,31,33)(H,29,30,32). The Kier molecular flexibility index (Phi) is 4.80. The Hall–Kier alpha value is -3.03. The lowest BCUT2D eigenvalue weighted by atomic mass is 9.98. The van der Waals surface area contributed by atoms with E-state index in [1.165, 1.54) is 6.08 Å². The summed E-state index contributed by atoms with van der Waals surface area (Å²) < 4.78 is 10.8. The van der Waals surface area contributed by atoms with Crippen LogP contribution >= 0.6 is 23.2 Å². The summed E-state index contributed by atoms with van der Waals surface area (Å²) in [5.74, 6) is 2.54. The van der Waals surface area contributed by atoms with Gasteiger partial charge in [0.15, 0.2) is 0 Å². The summed E-state index contributed by atoms with van der Waals surface area (Å²) in [6.07, 6.45) is 4.07. The van der Waals surface area contributed by atoms with Crippen LogP contribution in [0, 0.1) is 17.3 Å². The zero-order chi connectivity index (χ0) is 24.7. The fourth-order valence-electron chi connectivity index (χ4n) is 6.52. The van der Waals surface area contributed by atoms with Gasteiger partial charge in [0.05, 0.1) is 41.4 Å². The number of methoxy groups -OCH3 is 2. The number of rotatable bonds is 7. The first-order chi connectivity index (χ1) is 16.8. The van der Waals surface area contributed by atoms with Crippen LogP contribution in [0.3, 0.4) is 0 Å². The highest BCUT2D eigenvalue weighted by molar-refractivity contribution is 6.41. The average Bonchev–Trinajstić information content (AvgIpc) is 3.53. The van der Waals surface area contributed by atoms with Crippen LogP contribution in [0.25, 0.3) is 22.0 Å². The van der Waals surface area contributed by atoms with Crippen molar-refractivity contribution < 1.29 is 14.3 Å². The molecule has 0 saturated heterocycles. The van der Waals surface area contributed by atoms with Gasteiger partial charge < -0.3 is 20.1 Å². The molecule has 4 aliphatic rings. The number of hydrogen-bond acceptors (Lipinski definition) is 6. The minimum atomic E-state index is -0.192. The number of anilines is 1. The maximum atomic E-state index is 12.0. The van der Waals surface area contributed by atoms with Crippen molar-refractivity contribution in [2.75, 3.05) is 19.5 Å². The molecule has 1 heterocycles. The van der Waals surface area contributed by atoms with Crippen LogP contribution in [0.1, 0.15) is 13.3 Å². The monoisotopic (exact) mass is 510 g/mol. The summed E-state index contributed by atoms with van der Waals surface area (Å²) >= 11 is 13.2. The molecule has 35 heavy (non-hydrogen) atoms. The van der Waals surface area contributed by atoms with Gasteiger partial charge in [0.1, 0.15) is 11.5 Å². The van der Waals surface area contributed by atoms with Gasteiger partial charge in [-0.25, -0.2) is 9.97 Å². The summed E-state index contributed by atoms with van der Waals surface area (Å²) in [6.45, 7) is 5.85. The number of benzene rings is 2. The molecule has 5 atom stereocenters. The van der Waals surface area contributed by atoms with Gasteiger partial charge in [0, 0.05) is 28.6 Å². The Balaban J connectivity index is 1.32. The fraction of sp³-hybridized carbons (Fsp3) is 0.346. The van der Waals surface area contributed by atoms with E-state index in [1.807, 2.05) is 18.2 Å². The van der Waals surface area contributed by atoms with Gasteiger partial charge in [0.25, 0.3) is 0 Å². The third-order valence-electron chi connectivity index (χ3n) is 8.31. The topological polar surface area (TPSA) is 85.4 Å². The van der Waals surface area contributed by atoms with Crippen molar-refractivity contribution in [1.29, 1.82) is 0 Å². The Morgan fingerprint density at radius 3 is 2.51 bits per heavy atom. The maximum absolute atomic E-state index is 12.0. The molecule has 9 heteroatoms. The van der Waals surface area contributed by atoms with E-state index >= 15 is 0 Å². The lowest BCUT2D eigenvalue weighted by Crippen LogP contribution is -2.49. The highest BCUT2D eigenvalue weighted by Gasteiger charge is 2.99. The quantitative estimate of drug-likeness (QED) is 0.429. The lowest BCUT2D eigenvalue weighted by molar-refractivity contribution is -0.117. The second-order valence-electron chi connectivity index (χ2n) is 9.61. The Morgan fingerprint density at radius 2 is 1.89 bits per heavy atom. The van der Waals surface area contributed by atoms with Crippen molar-refractivity contribution in [3.05, 3.63) is 53.2 Å². The predicted molar refractivity (Wildman–Crippen MR) is 136 cm³/mol. The number of nitrogens with zero attached hydrogens (tertiary/aromatic N) is 2. The minimum absolute atomic E-state index is 0.0435. The highest BCUT2D eigenvalue weighted by atomic mass is 35.5. The van der Waals surface area contributed by atoms with Gasteiger partial charge in [-0.3, -0.25) is 4.79 Å². The first-order valence-corrected chi connectivity index (χ1v) is 12.1. The van der Waals surface area contributed by atoms with E-state index < -0.39 is 0 Å². The third kappa shape index (κ3) is 2.88. The van der Waals surface area contributed by atoms with Crippen LogP contribution < -0.4 is 20.1 Å². The van der Waals surface area contributed by atoms with Crippen LogP contribution in [-0.2, 0) is 4.79 Å². The van der Waals surface area contributed by atoms with Crippen LogP contribution in [0.15, 0.2) is 43.1 Å². The average molecular weight is 511 g/mol. The smallest absolute Gasteiger partial charge is 0.243 e. The van der Waals surface area contributed by atoms with E-state index in [9.17, 15) is 4.79 Å². The highest BCUT2D eigenvalue weighted by Crippen LogP contribution is 2.93. The molecule has 3 aromatic rings. The van der Waals surface area contributed by atoms with E-state index in [0.29, 0.717) is 44.9 Å². The van der Waals surface area contributed by atoms with Crippen LogP contribution in [0.4, 0.5) is 5.95 Å². The number of nitrogens with one attached hydrogen (secondary N) is 2. The van der Waals surface area contributed by atoms with Crippen LogP contribution in [0.5, 0.6) is 11.5 Å². The normalized spacial score (nSPS) is 29.3. The second kappa shape index (κ2) is 7.48. The van der Waals surface area contributed by atoms with E-state index in [2.05, 4.69) is 29.1 Å². The molecule has 4 saturated carbocycles. The molecule has 2 aromatic carbocycles. The summed E-state index contributed by atoms with van der Waals surface area (Å²) in [5, 5.41) is 8.33. The number of halogens is 2. The fourth-order valence-corrected chi connectivity index (χ4v) is 7.24. The summed E-state index contributed by atoms with van der Waals surface area (Å²) in [5.41, 5.74) is 2.20. The molecule has 2 bridgehead atoms. The Labute approximate surface area is 212 Å². The second-order valence-corrected chi connectivity index (χ2v) is 10.4. The molecule has 1 amide bonds. The Bertz CT molecular complexity index is 1400. The van der Waals surface area contributed by atoms with E-state index in [1.54, 1.807) is 26.5 Å². The molecule has 4 aliphatic carbocycles. The number of fused-ring (bicyclic) bond motifs is 2. The van der Waals surface area contributed by atoms with Gasteiger partial charge in [-0.1, -0.05) is 42.8 Å². The summed E-state index contributed by atoms with van der Waals surface area (Å²) in [4.78, 5) is 21.3.